The van der Waals surface area contributed by atoms with Gasteiger partial charge in [0, 0.05) is 0 Å². The van der Waals surface area contributed by atoms with E-state index in [0.29, 0.717) is 0 Å². The summed E-state index contributed by atoms with van der Waals surface area (Å²) < 4.78 is 6.48. The van der Waals surface area contributed by atoms with Gasteiger partial charge >= 0.3 is 0 Å². The van der Waals surface area contributed by atoms with Gasteiger partial charge < -0.3 is 9.73 Å². The van der Waals surface area contributed by atoms with E-state index in [1.165, 1.54) is 44.1 Å². The summed E-state index contributed by atoms with van der Waals surface area (Å²) >= 11 is 3.37. The van der Waals surface area contributed by atoms with Crippen molar-refractivity contribution in [2.75, 3.05) is 7.05 Å². The Kier molecular flexibility index (Phi) is 4.86. The highest BCUT2D eigenvalue weighted by Crippen LogP contribution is 2.30. The summed E-state index contributed by atoms with van der Waals surface area (Å²) in [6.45, 7) is 0. The molecule has 0 bridgehead atoms. The molecule has 0 aromatic carbocycles. The number of allylic oxidation sites excluding steroid dienone is 1. The minimum Gasteiger partial charge on any atom is -0.452 e. The monoisotopic (exact) mass is 297 g/mol. The maximum Gasteiger partial charge on any atom is 0.169 e. The Hall–Kier alpha value is -0.540. The Balaban J connectivity index is 2.16. The predicted octanol–water partition coefficient (Wildman–Crippen LogP) is 4.58. The Bertz CT molecular complexity index is 383. The molecule has 17 heavy (non-hydrogen) atoms. The first-order valence-electron chi connectivity index (χ1n) is 6.42. The van der Waals surface area contributed by atoms with Crippen LogP contribution >= 0.6 is 15.9 Å². The molecule has 0 amide bonds. The quantitative estimate of drug-likeness (QED) is 0.826. The van der Waals surface area contributed by atoms with E-state index in [4.69, 9.17) is 4.42 Å². The van der Waals surface area contributed by atoms with Crippen LogP contribution in [0.1, 0.15) is 50.3 Å². The molecule has 3 heteroatoms. The van der Waals surface area contributed by atoms with Crippen LogP contribution < -0.4 is 5.32 Å². The van der Waals surface area contributed by atoms with Gasteiger partial charge in [0.25, 0.3) is 0 Å². The molecule has 0 saturated heterocycles. The van der Waals surface area contributed by atoms with E-state index in [1.807, 2.05) is 19.2 Å². The van der Waals surface area contributed by atoms with Crippen molar-refractivity contribution in [1.29, 1.82) is 0 Å². The van der Waals surface area contributed by atoms with E-state index in [1.54, 1.807) is 0 Å². The molecule has 0 aliphatic heterocycles. The van der Waals surface area contributed by atoms with Crippen LogP contribution in [-0.2, 0) is 0 Å². The van der Waals surface area contributed by atoms with E-state index in [0.717, 1.165) is 10.4 Å². The molecule has 1 aliphatic carbocycles. The molecule has 2 rings (SSSR count). The molecule has 94 valence electrons. The molecule has 1 aromatic heterocycles. The van der Waals surface area contributed by atoms with Crippen molar-refractivity contribution in [3.63, 3.8) is 0 Å². The SMILES string of the molecule is CNC(/C1=C/CCCCCC1)c1ccc(Br)o1. The van der Waals surface area contributed by atoms with Gasteiger partial charge in [0.2, 0.25) is 0 Å². The van der Waals surface area contributed by atoms with Crippen molar-refractivity contribution in [1.82, 2.24) is 5.32 Å². The van der Waals surface area contributed by atoms with Crippen LogP contribution in [0.2, 0.25) is 0 Å². The highest BCUT2D eigenvalue weighted by molar-refractivity contribution is 9.10. The molecule has 0 spiro atoms. The fraction of sp³-hybridized carbons (Fsp3) is 0.571. The normalized spacial score (nSPS) is 22.4. The largest absolute Gasteiger partial charge is 0.452 e. The maximum atomic E-state index is 5.68. The molecule has 1 N–H and O–H groups in total. The average molecular weight is 298 g/mol. The molecule has 0 saturated carbocycles. The number of rotatable bonds is 3. The average Bonchev–Trinajstić information content (AvgIpc) is 2.68. The van der Waals surface area contributed by atoms with Gasteiger partial charge in [-0.15, -0.1) is 0 Å². The van der Waals surface area contributed by atoms with Crippen LogP contribution in [0.15, 0.2) is 32.9 Å². The van der Waals surface area contributed by atoms with Gasteiger partial charge in [-0.25, -0.2) is 0 Å². The van der Waals surface area contributed by atoms with Crippen LogP contribution in [0.25, 0.3) is 0 Å². The third kappa shape index (κ3) is 3.46. The number of likely N-dealkylation sites (N-methyl/N-ethyl adjacent to an activating group) is 1. The third-order valence-electron chi connectivity index (χ3n) is 3.36. The molecular formula is C14H20BrNO. The Morgan fingerprint density at radius 2 is 2.06 bits per heavy atom. The van der Waals surface area contributed by atoms with Gasteiger partial charge in [-0.1, -0.05) is 18.9 Å². The van der Waals surface area contributed by atoms with Crippen molar-refractivity contribution in [2.24, 2.45) is 0 Å². The van der Waals surface area contributed by atoms with Gasteiger partial charge in [0.1, 0.15) is 5.76 Å². The second-order valence-corrected chi connectivity index (χ2v) is 5.38. The Morgan fingerprint density at radius 1 is 1.24 bits per heavy atom. The van der Waals surface area contributed by atoms with E-state index in [9.17, 15) is 0 Å². The van der Waals surface area contributed by atoms with Gasteiger partial charge in [0.15, 0.2) is 4.67 Å². The zero-order chi connectivity index (χ0) is 12.1. The smallest absolute Gasteiger partial charge is 0.169 e. The minimum atomic E-state index is 0.236. The lowest BCUT2D eigenvalue weighted by molar-refractivity contribution is 0.434. The second-order valence-electron chi connectivity index (χ2n) is 4.60. The van der Waals surface area contributed by atoms with E-state index < -0.39 is 0 Å². The van der Waals surface area contributed by atoms with Crippen molar-refractivity contribution >= 4 is 15.9 Å². The van der Waals surface area contributed by atoms with Crippen LogP contribution in [0.4, 0.5) is 0 Å². The van der Waals surface area contributed by atoms with Crippen LogP contribution in [-0.4, -0.2) is 7.05 Å². The first kappa shape index (κ1) is 12.9. The summed E-state index contributed by atoms with van der Waals surface area (Å²) in [4.78, 5) is 0. The van der Waals surface area contributed by atoms with E-state index in [-0.39, 0.29) is 6.04 Å². The first-order chi connectivity index (χ1) is 8.31. The summed E-state index contributed by atoms with van der Waals surface area (Å²) in [5.74, 6) is 1.01. The molecule has 2 nitrogen and oxygen atoms in total. The van der Waals surface area contributed by atoms with Crippen molar-refractivity contribution in [3.05, 3.63) is 34.2 Å². The van der Waals surface area contributed by atoms with Crippen molar-refractivity contribution in [3.8, 4) is 0 Å². The highest BCUT2D eigenvalue weighted by atomic mass is 79.9. The Labute approximate surface area is 112 Å². The first-order valence-corrected chi connectivity index (χ1v) is 7.22. The van der Waals surface area contributed by atoms with Gasteiger partial charge in [-0.05, 0) is 66.4 Å². The Morgan fingerprint density at radius 3 is 2.76 bits per heavy atom. The molecule has 0 fully saturated rings. The summed E-state index contributed by atoms with van der Waals surface area (Å²) in [6.07, 6.45) is 10.1. The summed E-state index contributed by atoms with van der Waals surface area (Å²) in [6, 6.07) is 4.24. The minimum absolute atomic E-state index is 0.236. The lowest BCUT2D eigenvalue weighted by atomic mass is 9.94. The fourth-order valence-electron chi connectivity index (χ4n) is 2.47. The van der Waals surface area contributed by atoms with Crippen LogP contribution in [0.5, 0.6) is 0 Å². The zero-order valence-corrected chi connectivity index (χ0v) is 11.9. The lowest BCUT2D eigenvalue weighted by Gasteiger charge is -2.20. The summed E-state index contributed by atoms with van der Waals surface area (Å²) in [5, 5.41) is 3.37. The third-order valence-corrected chi connectivity index (χ3v) is 3.79. The maximum absolute atomic E-state index is 5.68. The van der Waals surface area contributed by atoms with E-state index in [2.05, 4.69) is 27.3 Å². The number of halogens is 1. The molecule has 0 radical (unpaired) electrons. The standard InChI is InChI=1S/C14H20BrNO/c1-16-14(12-9-10-13(15)17-12)11-7-5-3-2-4-6-8-11/h7,9-10,14,16H,2-6,8H2,1H3/b11-7+. The fourth-order valence-corrected chi connectivity index (χ4v) is 2.79. The molecule has 1 unspecified atom stereocenters. The van der Waals surface area contributed by atoms with E-state index >= 15 is 0 Å². The number of furan rings is 1. The van der Waals surface area contributed by atoms with Gasteiger partial charge in [-0.3, -0.25) is 0 Å². The number of nitrogens with one attached hydrogen (secondary N) is 1. The molecule has 1 aromatic rings. The van der Waals surface area contributed by atoms with Crippen molar-refractivity contribution in [2.45, 2.75) is 44.6 Å². The molecule has 1 heterocycles. The predicted molar refractivity (Wildman–Crippen MR) is 74.0 cm³/mol. The zero-order valence-electron chi connectivity index (χ0n) is 10.3. The molecular weight excluding hydrogens is 278 g/mol. The lowest BCUT2D eigenvalue weighted by Crippen LogP contribution is -2.18. The van der Waals surface area contributed by atoms with Gasteiger partial charge in [-0.2, -0.15) is 0 Å². The molecule has 1 atom stereocenters. The van der Waals surface area contributed by atoms with Crippen LogP contribution in [0, 0.1) is 0 Å². The van der Waals surface area contributed by atoms with Crippen LogP contribution in [0.3, 0.4) is 0 Å². The highest BCUT2D eigenvalue weighted by Gasteiger charge is 2.18. The van der Waals surface area contributed by atoms with Crippen molar-refractivity contribution < 1.29 is 4.42 Å². The summed E-state index contributed by atoms with van der Waals surface area (Å²) in [7, 11) is 2.00. The summed E-state index contributed by atoms with van der Waals surface area (Å²) in [5.41, 5.74) is 1.48. The number of hydrogen-bond acceptors (Lipinski definition) is 2. The number of hydrogen-bond donors (Lipinski definition) is 1. The topological polar surface area (TPSA) is 25.2 Å². The molecule has 1 aliphatic rings. The second kappa shape index (κ2) is 6.41. The van der Waals surface area contributed by atoms with Gasteiger partial charge in [0.05, 0.1) is 6.04 Å².